The van der Waals surface area contributed by atoms with Crippen LogP contribution in [0.25, 0.3) is 0 Å². The van der Waals surface area contributed by atoms with Gasteiger partial charge in [0.2, 0.25) is 0 Å². The maximum absolute atomic E-state index is 12.6. The average Bonchev–Trinajstić information content (AvgIpc) is 2.66. The van der Waals surface area contributed by atoms with Crippen LogP contribution < -0.4 is 10.6 Å². The van der Waals surface area contributed by atoms with Crippen molar-refractivity contribution in [3.05, 3.63) is 88.2 Å². The number of aromatic nitrogens is 1. The SMILES string of the molecule is Cc1ccc(C)c(NC(=O)c2cncc(C(=O)Nc3ccccc3Cl)c2)c1. The lowest BCUT2D eigenvalue weighted by Crippen LogP contribution is -2.16. The summed E-state index contributed by atoms with van der Waals surface area (Å²) in [4.78, 5) is 29.0. The molecule has 0 aliphatic rings. The molecule has 3 aromatic rings. The summed E-state index contributed by atoms with van der Waals surface area (Å²) in [5.74, 6) is -0.722. The Hall–Kier alpha value is -3.18. The van der Waals surface area contributed by atoms with E-state index in [0.717, 1.165) is 16.8 Å². The molecule has 1 aromatic heterocycles. The van der Waals surface area contributed by atoms with Crippen LogP contribution in [0.1, 0.15) is 31.8 Å². The molecule has 136 valence electrons. The highest BCUT2D eigenvalue weighted by atomic mass is 35.5. The monoisotopic (exact) mass is 379 g/mol. The van der Waals surface area contributed by atoms with Crippen LogP contribution in [0.5, 0.6) is 0 Å². The third kappa shape index (κ3) is 4.51. The van der Waals surface area contributed by atoms with Crippen LogP contribution >= 0.6 is 11.6 Å². The zero-order valence-electron chi connectivity index (χ0n) is 14.9. The van der Waals surface area contributed by atoms with Crippen LogP contribution in [0.3, 0.4) is 0 Å². The number of halogens is 1. The maximum Gasteiger partial charge on any atom is 0.257 e. The molecule has 0 aliphatic carbocycles. The lowest BCUT2D eigenvalue weighted by molar-refractivity contribution is 0.102. The molecule has 0 bridgehead atoms. The number of anilines is 2. The Morgan fingerprint density at radius 1 is 0.852 bits per heavy atom. The Bertz CT molecular complexity index is 1020. The normalized spacial score (nSPS) is 10.3. The van der Waals surface area contributed by atoms with Crippen molar-refractivity contribution < 1.29 is 9.59 Å². The van der Waals surface area contributed by atoms with Gasteiger partial charge in [-0.25, -0.2) is 0 Å². The van der Waals surface area contributed by atoms with Gasteiger partial charge in [-0.15, -0.1) is 0 Å². The number of hydrogen-bond acceptors (Lipinski definition) is 3. The zero-order chi connectivity index (χ0) is 19.4. The average molecular weight is 380 g/mol. The second-order valence-corrected chi connectivity index (χ2v) is 6.58. The largest absolute Gasteiger partial charge is 0.322 e. The minimum Gasteiger partial charge on any atom is -0.322 e. The van der Waals surface area contributed by atoms with Crippen LogP contribution in [0.4, 0.5) is 11.4 Å². The van der Waals surface area contributed by atoms with Gasteiger partial charge in [0.25, 0.3) is 11.8 Å². The molecule has 1 heterocycles. The smallest absolute Gasteiger partial charge is 0.257 e. The standard InChI is InChI=1S/C21H18ClN3O2/c1-13-7-8-14(2)19(9-13)25-21(27)16-10-15(11-23-12-16)20(26)24-18-6-4-3-5-17(18)22/h3-12H,1-2H3,(H,24,26)(H,25,27). The maximum atomic E-state index is 12.6. The first-order valence-corrected chi connectivity index (χ1v) is 8.71. The van der Waals surface area contributed by atoms with E-state index in [-0.39, 0.29) is 11.5 Å². The fourth-order valence-corrected chi connectivity index (χ4v) is 2.69. The highest BCUT2D eigenvalue weighted by Crippen LogP contribution is 2.21. The number of aryl methyl sites for hydroxylation is 2. The molecular weight excluding hydrogens is 362 g/mol. The summed E-state index contributed by atoms with van der Waals surface area (Å²) >= 11 is 6.06. The fourth-order valence-electron chi connectivity index (χ4n) is 2.51. The summed E-state index contributed by atoms with van der Waals surface area (Å²) in [6.45, 7) is 3.87. The molecule has 3 rings (SSSR count). The van der Waals surface area contributed by atoms with E-state index in [1.807, 2.05) is 32.0 Å². The van der Waals surface area contributed by atoms with Crippen molar-refractivity contribution in [1.82, 2.24) is 4.98 Å². The van der Waals surface area contributed by atoms with Gasteiger partial charge >= 0.3 is 0 Å². The van der Waals surface area contributed by atoms with Crippen molar-refractivity contribution in [3.63, 3.8) is 0 Å². The molecule has 27 heavy (non-hydrogen) atoms. The van der Waals surface area contributed by atoms with Crippen LogP contribution in [-0.2, 0) is 0 Å². The van der Waals surface area contributed by atoms with E-state index in [4.69, 9.17) is 11.6 Å². The third-order valence-electron chi connectivity index (χ3n) is 4.03. The molecule has 0 radical (unpaired) electrons. The number of nitrogens with one attached hydrogen (secondary N) is 2. The summed E-state index contributed by atoms with van der Waals surface area (Å²) in [7, 11) is 0. The Kier molecular flexibility index (Phi) is 5.52. The predicted molar refractivity (Wildman–Crippen MR) is 108 cm³/mol. The first-order chi connectivity index (χ1) is 12.9. The molecule has 0 fully saturated rings. The van der Waals surface area contributed by atoms with Gasteiger partial charge in [0, 0.05) is 18.1 Å². The molecule has 5 nitrogen and oxygen atoms in total. The van der Waals surface area contributed by atoms with Gasteiger partial charge in [-0.3, -0.25) is 14.6 Å². The van der Waals surface area contributed by atoms with Crippen molar-refractivity contribution in [3.8, 4) is 0 Å². The molecule has 0 aliphatic heterocycles. The Morgan fingerprint density at radius 2 is 1.48 bits per heavy atom. The summed E-state index contributed by atoms with van der Waals surface area (Å²) in [6, 6.07) is 14.2. The van der Waals surface area contributed by atoms with Crippen molar-refractivity contribution in [2.24, 2.45) is 0 Å². The molecule has 0 spiro atoms. The Labute approximate surface area is 162 Å². The first-order valence-electron chi connectivity index (χ1n) is 8.33. The van der Waals surface area contributed by atoms with Crippen molar-refractivity contribution >= 4 is 34.8 Å². The van der Waals surface area contributed by atoms with Crippen molar-refractivity contribution in [1.29, 1.82) is 0 Å². The number of carbonyl (C=O) groups is 2. The fraction of sp³-hybridized carbons (Fsp3) is 0.0952. The number of benzene rings is 2. The molecular formula is C21H18ClN3O2. The van der Waals surface area contributed by atoms with Gasteiger partial charge in [-0.05, 0) is 49.2 Å². The minimum atomic E-state index is -0.392. The lowest BCUT2D eigenvalue weighted by Gasteiger charge is -2.10. The molecule has 6 heteroatoms. The number of carbonyl (C=O) groups excluding carboxylic acids is 2. The van der Waals surface area contributed by atoms with E-state index in [9.17, 15) is 9.59 Å². The van der Waals surface area contributed by atoms with Gasteiger partial charge in [0.1, 0.15) is 0 Å². The van der Waals surface area contributed by atoms with Gasteiger partial charge in [0.15, 0.2) is 0 Å². The topological polar surface area (TPSA) is 71.1 Å². The van der Waals surface area contributed by atoms with Crippen LogP contribution in [0.15, 0.2) is 60.9 Å². The number of hydrogen-bond donors (Lipinski definition) is 2. The van der Waals surface area contributed by atoms with E-state index >= 15 is 0 Å². The van der Waals surface area contributed by atoms with Crippen LogP contribution in [-0.4, -0.2) is 16.8 Å². The lowest BCUT2D eigenvalue weighted by atomic mass is 10.1. The number of nitrogens with zero attached hydrogens (tertiary/aromatic N) is 1. The summed E-state index contributed by atoms with van der Waals surface area (Å²) < 4.78 is 0. The summed E-state index contributed by atoms with van der Waals surface area (Å²) in [6.07, 6.45) is 2.83. The quantitative estimate of drug-likeness (QED) is 0.680. The van der Waals surface area contributed by atoms with Gasteiger partial charge in [-0.1, -0.05) is 35.9 Å². The third-order valence-corrected chi connectivity index (χ3v) is 4.36. The Balaban J connectivity index is 1.78. The molecule has 2 amide bonds. The van der Waals surface area contributed by atoms with Gasteiger partial charge in [0.05, 0.1) is 21.8 Å². The molecule has 2 N–H and O–H groups in total. The highest BCUT2D eigenvalue weighted by molar-refractivity contribution is 6.33. The molecule has 0 saturated heterocycles. The zero-order valence-corrected chi connectivity index (χ0v) is 15.7. The first kappa shape index (κ1) is 18.6. The summed E-state index contributed by atoms with van der Waals surface area (Å²) in [5, 5.41) is 6.01. The minimum absolute atomic E-state index is 0.267. The van der Waals surface area contributed by atoms with Gasteiger partial charge < -0.3 is 10.6 Å². The number of para-hydroxylation sites is 1. The molecule has 0 saturated carbocycles. The van der Waals surface area contributed by atoms with E-state index in [1.165, 1.54) is 18.5 Å². The highest BCUT2D eigenvalue weighted by Gasteiger charge is 2.13. The van der Waals surface area contributed by atoms with Gasteiger partial charge in [-0.2, -0.15) is 0 Å². The summed E-state index contributed by atoms with van der Waals surface area (Å²) in [5.41, 5.74) is 3.78. The molecule has 0 atom stereocenters. The van der Waals surface area contributed by atoms with Crippen LogP contribution in [0, 0.1) is 13.8 Å². The van der Waals surface area contributed by atoms with Crippen molar-refractivity contribution in [2.75, 3.05) is 10.6 Å². The van der Waals surface area contributed by atoms with E-state index < -0.39 is 5.91 Å². The predicted octanol–water partition coefficient (Wildman–Crippen LogP) is 4.86. The second-order valence-electron chi connectivity index (χ2n) is 6.17. The Morgan fingerprint density at radius 3 is 2.15 bits per heavy atom. The number of pyridine rings is 1. The van der Waals surface area contributed by atoms with Crippen LogP contribution in [0.2, 0.25) is 5.02 Å². The number of amides is 2. The molecule has 0 unspecified atom stereocenters. The molecule has 2 aromatic carbocycles. The van der Waals surface area contributed by atoms with E-state index in [1.54, 1.807) is 24.3 Å². The van der Waals surface area contributed by atoms with Crippen molar-refractivity contribution in [2.45, 2.75) is 13.8 Å². The number of rotatable bonds is 4. The second kappa shape index (κ2) is 8.01. The van der Waals surface area contributed by atoms with E-state index in [0.29, 0.717) is 16.3 Å². The van der Waals surface area contributed by atoms with E-state index in [2.05, 4.69) is 15.6 Å².